The highest BCUT2D eigenvalue weighted by atomic mass is 16.3. The summed E-state index contributed by atoms with van der Waals surface area (Å²) >= 11 is 0. The quantitative estimate of drug-likeness (QED) is 0.794. The van der Waals surface area contributed by atoms with Gasteiger partial charge < -0.3 is 14.7 Å². The molecule has 2 N–H and O–H groups in total. The number of pyridine rings is 1. The highest BCUT2D eigenvalue weighted by Crippen LogP contribution is 2.07. The molecule has 0 spiro atoms. The predicted molar refractivity (Wildman–Crippen MR) is 86.1 cm³/mol. The molecule has 0 saturated carbocycles. The molecule has 0 saturated heterocycles. The van der Waals surface area contributed by atoms with Crippen LogP contribution in [0, 0.1) is 13.8 Å². The topological polar surface area (TPSA) is 104 Å². The van der Waals surface area contributed by atoms with Crippen molar-refractivity contribution in [1.82, 2.24) is 24.6 Å². The molecule has 8 heteroatoms. The molecule has 0 amide bonds. The SMILES string of the molecule is CCn1cnnc1CN(C)Cc1[nH]cc(C)c(=O)c1C.O=CO. The second kappa shape index (κ2) is 8.84. The lowest BCUT2D eigenvalue weighted by Gasteiger charge is -2.17. The zero-order valence-electron chi connectivity index (χ0n) is 13.9. The Morgan fingerprint density at radius 3 is 2.65 bits per heavy atom. The Balaban J connectivity index is 0.000000816. The van der Waals surface area contributed by atoms with E-state index in [-0.39, 0.29) is 11.9 Å². The zero-order chi connectivity index (χ0) is 17.4. The molecule has 0 aliphatic rings. The van der Waals surface area contributed by atoms with Crippen molar-refractivity contribution in [3.05, 3.63) is 45.4 Å². The van der Waals surface area contributed by atoms with Gasteiger partial charge in [0.1, 0.15) is 12.2 Å². The minimum Gasteiger partial charge on any atom is -0.483 e. The van der Waals surface area contributed by atoms with Crippen LogP contribution >= 0.6 is 0 Å². The van der Waals surface area contributed by atoms with E-state index in [1.807, 2.05) is 25.5 Å². The monoisotopic (exact) mass is 321 g/mol. The Labute approximate surface area is 134 Å². The van der Waals surface area contributed by atoms with Gasteiger partial charge in [0.05, 0.1) is 6.54 Å². The number of hydrogen-bond donors (Lipinski definition) is 2. The first-order valence-corrected chi connectivity index (χ1v) is 7.25. The smallest absolute Gasteiger partial charge is 0.290 e. The van der Waals surface area contributed by atoms with Crippen LogP contribution in [0.25, 0.3) is 0 Å². The maximum Gasteiger partial charge on any atom is 0.290 e. The average Bonchev–Trinajstić information content (AvgIpc) is 2.96. The van der Waals surface area contributed by atoms with Crippen LogP contribution in [-0.2, 0) is 24.4 Å². The lowest BCUT2D eigenvalue weighted by molar-refractivity contribution is -0.122. The number of aromatic amines is 1. The normalized spacial score (nSPS) is 10.3. The van der Waals surface area contributed by atoms with Crippen LogP contribution in [0.4, 0.5) is 0 Å². The summed E-state index contributed by atoms with van der Waals surface area (Å²) in [7, 11) is 2.01. The molecular formula is C15H23N5O3. The fourth-order valence-corrected chi connectivity index (χ4v) is 2.20. The summed E-state index contributed by atoms with van der Waals surface area (Å²) in [6.45, 7) is 7.73. The Kier molecular flexibility index (Phi) is 7.14. The fraction of sp³-hybridized carbons (Fsp3) is 0.467. The maximum absolute atomic E-state index is 11.9. The third kappa shape index (κ3) is 5.03. The lowest BCUT2D eigenvalue weighted by Crippen LogP contribution is -2.23. The second-order valence-corrected chi connectivity index (χ2v) is 5.22. The van der Waals surface area contributed by atoms with E-state index in [0.29, 0.717) is 13.1 Å². The van der Waals surface area contributed by atoms with Crippen LogP contribution < -0.4 is 5.43 Å². The van der Waals surface area contributed by atoms with Gasteiger partial charge in [0.2, 0.25) is 0 Å². The molecule has 0 atom stereocenters. The number of nitrogens with one attached hydrogen (secondary N) is 1. The van der Waals surface area contributed by atoms with E-state index in [9.17, 15) is 4.79 Å². The van der Waals surface area contributed by atoms with E-state index < -0.39 is 0 Å². The first-order valence-electron chi connectivity index (χ1n) is 7.25. The van der Waals surface area contributed by atoms with Gasteiger partial charge in [-0.15, -0.1) is 10.2 Å². The van der Waals surface area contributed by atoms with Crippen LogP contribution in [0.2, 0.25) is 0 Å². The number of H-pyrrole nitrogens is 1. The van der Waals surface area contributed by atoms with Crippen LogP contribution in [-0.4, -0.2) is 43.3 Å². The van der Waals surface area contributed by atoms with Gasteiger partial charge >= 0.3 is 0 Å². The van der Waals surface area contributed by atoms with Crippen molar-refractivity contribution >= 4 is 6.47 Å². The summed E-state index contributed by atoms with van der Waals surface area (Å²) in [4.78, 5) is 25.6. The van der Waals surface area contributed by atoms with E-state index in [2.05, 4.69) is 27.0 Å². The first-order chi connectivity index (χ1) is 10.9. The van der Waals surface area contributed by atoms with Gasteiger partial charge in [0.15, 0.2) is 5.43 Å². The van der Waals surface area contributed by atoms with Gasteiger partial charge in [-0.05, 0) is 27.8 Å². The van der Waals surface area contributed by atoms with E-state index in [4.69, 9.17) is 9.90 Å². The summed E-state index contributed by atoms with van der Waals surface area (Å²) in [6.07, 6.45) is 3.51. The Bertz CT molecular complexity index is 693. The number of aromatic nitrogens is 4. The molecule has 0 unspecified atom stereocenters. The molecule has 0 radical (unpaired) electrons. The van der Waals surface area contributed by atoms with Crippen molar-refractivity contribution < 1.29 is 9.90 Å². The number of nitrogens with zero attached hydrogens (tertiary/aromatic N) is 4. The standard InChI is InChI=1S/C14H21N5O.CH2O2/c1-5-19-9-16-17-13(19)8-18(4)7-12-11(3)14(20)10(2)6-15-12;2-1-3/h6,9H,5,7-8H2,1-4H3,(H,15,20);1H,(H,2,3). The number of hydrogen-bond acceptors (Lipinski definition) is 5. The van der Waals surface area contributed by atoms with Crippen molar-refractivity contribution in [1.29, 1.82) is 0 Å². The van der Waals surface area contributed by atoms with E-state index in [0.717, 1.165) is 29.2 Å². The van der Waals surface area contributed by atoms with E-state index in [1.165, 1.54) is 0 Å². The number of carbonyl (C=O) groups is 1. The van der Waals surface area contributed by atoms with Gasteiger partial charge in [-0.2, -0.15) is 0 Å². The van der Waals surface area contributed by atoms with Crippen LogP contribution in [0.5, 0.6) is 0 Å². The van der Waals surface area contributed by atoms with Crippen molar-refractivity contribution in [3.63, 3.8) is 0 Å². The third-order valence-electron chi connectivity index (χ3n) is 3.49. The molecule has 23 heavy (non-hydrogen) atoms. The summed E-state index contributed by atoms with van der Waals surface area (Å²) in [5.74, 6) is 0.933. The molecule has 126 valence electrons. The molecule has 0 bridgehead atoms. The molecule has 0 aliphatic heterocycles. The lowest BCUT2D eigenvalue weighted by atomic mass is 10.1. The molecule has 2 rings (SSSR count). The molecule has 0 aliphatic carbocycles. The Morgan fingerprint density at radius 1 is 1.39 bits per heavy atom. The van der Waals surface area contributed by atoms with E-state index in [1.54, 1.807) is 12.5 Å². The van der Waals surface area contributed by atoms with Crippen molar-refractivity contribution in [2.24, 2.45) is 0 Å². The van der Waals surface area contributed by atoms with E-state index >= 15 is 0 Å². The van der Waals surface area contributed by atoms with Gasteiger partial charge in [0, 0.05) is 36.1 Å². The molecule has 2 aromatic heterocycles. The molecule has 8 nitrogen and oxygen atoms in total. The van der Waals surface area contributed by atoms with Crippen LogP contribution in [0.15, 0.2) is 17.3 Å². The minimum atomic E-state index is -0.250. The summed E-state index contributed by atoms with van der Waals surface area (Å²) in [5, 5.41) is 14.9. The van der Waals surface area contributed by atoms with Gasteiger partial charge in [0.25, 0.3) is 6.47 Å². The van der Waals surface area contributed by atoms with Crippen molar-refractivity contribution in [3.8, 4) is 0 Å². The molecule has 0 fully saturated rings. The van der Waals surface area contributed by atoms with Gasteiger partial charge in [-0.3, -0.25) is 14.5 Å². The molecular weight excluding hydrogens is 298 g/mol. The summed E-state index contributed by atoms with van der Waals surface area (Å²) in [6, 6.07) is 0. The second-order valence-electron chi connectivity index (χ2n) is 5.22. The molecule has 0 aromatic carbocycles. The highest BCUT2D eigenvalue weighted by Gasteiger charge is 2.10. The summed E-state index contributed by atoms with van der Waals surface area (Å²) in [5.41, 5.74) is 2.60. The van der Waals surface area contributed by atoms with Gasteiger partial charge in [-0.25, -0.2) is 0 Å². The zero-order valence-corrected chi connectivity index (χ0v) is 13.9. The van der Waals surface area contributed by atoms with Crippen LogP contribution in [0.1, 0.15) is 29.6 Å². The predicted octanol–water partition coefficient (Wildman–Crippen LogP) is 0.936. The van der Waals surface area contributed by atoms with Crippen molar-refractivity contribution in [2.45, 2.75) is 40.4 Å². The third-order valence-corrected chi connectivity index (χ3v) is 3.49. The highest BCUT2D eigenvalue weighted by molar-refractivity contribution is 5.32. The Hall–Kier alpha value is -2.48. The molecule has 2 aromatic rings. The summed E-state index contributed by atoms with van der Waals surface area (Å²) < 4.78 is 2.02. The number of rotatable bonds is 5. The minimum absolute atomic E-state index is 0.115. The fourth-order valence-electron chi connectivity index (χ4n) is 2.20. The van der Waals surface area contributed by atoms with Crippen LogP contribution in [0.3, 0.4) is 0 Å². The first kappa shape index (κ1) is 18.6. The molecule has 2 heterocycles. The van der Waals surface area contributed by atoms with Crippen molar-refractivity contribution in [2.75, 3.05) is 7.05 Å². The average molecular weight is 321 g/mol. The number of aryl methyl sites for hydroxylation is 2. The maximum atomic E-state index is 11.9. The Morgan fingerprint density at radius 2 is 2.04 bits per heavy atom. The van der Waals surface area contributed by atoms with Gasteiger partial charge in [-0.1, -0.05) is 0 Å². The number of carboxylic acid groups (broad SMARTS) is 1. The largest absolute Gasteiger partial charge is 0.483 e.